The van der Waals surface area contributed by atoms with Crippen molar-refractivity contribution in [2.24, 2.45) is 5.73 Å². The van der Waals surface area contributed by atoms with Crippen LogP contribution in [0.15, 0.2) is 16.3 Å². The summed E-state index contributed by atoms with van der Waals surface area (Å²) >= 11 is 1.16. The number of thiophene rings is 1. The van der Waals surface area contributed by atoms with Crippen LogP contribution in [0.1, 0.15) is 35.4 Å². The number of hydrogen-bond acceptors (Lipinski definition) is 5. The van der Waals surface area contributed by atoms with Crippen LogP contribution in [0.25, 0.3) is 0 Å². The molecule has 2 heterocycles. The fraction of sp³-hybridized carbons (Fsp3) is 0.615. The Kier molecular flexibility index (Phi) is 7.78. The second-order valence-electron chi connectivity index (χ2n) is 4.98. The molecule has 6 nitrogen and oxygen atoms in total. The first-order valence-electron chi connectivity index (χ1n) is 7.13. The molecule has 0 atom stereocenters. The van der Waals surface area contributed by atoms with E-state index in [1.807, 2.05) is 0 Å². The van der Waals surface area contributed by atoms with E-state index in [1.165, 1.54) is 10.4 Å². The number of nitrogens with zero attached hydrogens (tertiary/aromatic N) is 1. The van der Waals surface area contributed by atoms with Crippen LogP contribution in [0.5, 0.6) is 0 Å². The summed E-state index contributed by atoms with van der Waals surface area (Å²) in [4.78, 5) is 12.5. The average molecular weight is 368 g/mol. The molecule has 1 fully saturated rings. The Bertz CT molecular complexity index is 583. The van der Waals surface area contributed by atoms with Crippen LogP contribution in [0.4, 0.5) is 0 Å². The fourth-order valence-electron chi connectivity index (χ4n) is 2.29. The Morgan fingerprint density at radius 1 is 1.32 bits per heavy atom. The molecule has 0 unspecified atom stereocenters. The van der Waals surface area contributed by atoms with E-state index in [-0.39, 0.29) is 28.1 Å². The maximum atomic E-state index is 12.5. The van der Waals surface area contributed by atoms with E-state index in [0.717, 1.165) is 37.0 Å². The first-order chi connectivity index (χ1) is 10.1. The molecule has 1 saturated heterocycles. The summed E-state index contributed by atoms with van der Waals surface area (Å²) in [7, 11) is -3.54. The lowest BCUT2D eigenvalue weighted by molar-refractivity contribution is 0.0954. The van der Waals surface area contributed by atoms with Crippen molar-refractivity contribution in [3.63, 3.8) is 0 Å². The van der Waals surface area contributed by atoms with Crippen molar-refractivity contribution < 1.29 is 13.2 Å². The summed E-state index contributed by atoms with van der Waals surface area (Å²) in [5.74, 6) is -0.320. The van der Waals surface area contributed by atoms with Crippen molar-refractivity contribution >= 4 is 39.7 Å². The predicted octanol–water partition coefficient (Wildman–Crippen LogP) is 1.42. The summed E-state index contributed by atoms with van der Waals surface area (Å²) in [5.41, 5.74) is 5.40. The summed E-state index contributed by atoms with van der Waals surface area (Å²) < 4.78 is 26.5. The van der Waals surface area contributed by atoms with Gasteiger partial charge in [0.25, 0.3) is 5.91 Å². The highest BCUT2D eigenvalue weighted by Gasteiger charge is 2.31. The molecule has 0 spiro atoms. The maximum absolute atomic E-state index is 12.5. The molecule has 0 aromatic carbocycles. The van der Waals surface area contributed by atoms with Gasteiger partial charge in [0.05, 0.1) is 0 Å². The zero-order valence-corrected chi connectivity index (χ0v) is 14.7. The van der Waals surface area contributed by atoms with Crippen LogP contribution in [-0.2, 0) is 10.0 Å². The second kappa shape index (κ2) is 8.83. The minimum atomic E-state index is -3.54. The fourth-order valence-corrected chi connectivity index (χ4v) is 5.12. The Balaban J connectivity index is 0.00000242. The van der Waals surface area contributed by atoms with E-state index in [1.54, 1.807) is 5.38 Å². The lowest BCUT2D eigenvalue weighted by Gasteiger charge is -2.15. The van der Waals surface area contributed by atoms with E-state index in [9.17, 15) is 13.2 Å². The number of rotatable bonds is 7. The second-order valence-corrected chi connectivity index (χ2v) is 7.80. The standard InChI is InChI=1S/C13H21N3O3S2.ClH/c14-6-1-2-7-15-13(17)12-11(5-10-20-12)21(18,19)16-8-3-4-9-16;/h5,10H,1-4,6-9,14H2,(H,15,17);1H. The van der Waals surface area contributed by atoms with E-state index in [0.29, 0.717) is 26.2 Å². The molecule has 1 aromatic heterocycles. The van der Waals surface area contributed by atoms with Gasteiger partial charge in [0.15, 0.2) is 0 Å². The summed E-state index contributed by atoms with van der Waals surface area (Å²) in [6, 6.07) is 1.52. The topological polar surface area (TPSA) is 92.5 Å². The van der Waals surface area contributed by atoms with Crippen LogP contribution in [0, 0.1) is 0 Å². The molecular formula is C13H22ClN3O3S2. The normalized spacial score (nSPS) is 15.5. The first kappa shape index (κ1) is 19.4. The van der Waals surface area contributed by atoms with Gasteiger partial charge in [-0.3, -0.25) is 4.79 Å². The van der Waals surface area contributed by atoms with E-state index in [4.69, 9.17) is 5.73 Å². The molecule has 0 saturated carbocycles. The zero-order valence-electron chi connectivity index (χ0n) is 12.3. The number of unbranched alkanes of at least 4 members (excludes halogenated alkanes) is 1. The summed E-state index contributed by atoms with van der Waals surface area (Å²) in [5, 5.41) is 4.41. The van der Waals surface area contributed by atoms with Crippen LogP contribution >= 0.6 is 23.7 Å². The molecule has 0 radical (unpaired) electrons. The van der Waals surface area contributed by atoms with Crippen molar-refractivity contribution in [1.82, 2.24) is 9.62 Å². The Morgan fingerprint density at radius 2 is 2.00 bits per heavy atom. The molecule has 0 aliphatic carbocycles. The van der Waals surface area contributed by atoms with Gasteiger partial charge in [-0.05, 0) is 43.7 Å². The SMILES string of the molecule is Cl.NCCCCNC(=O)c1sccc1S(=O)(=O)N1CCCC1. The van der Waals surface area contributed by atoms with Crippen LogP contribution in [-0.4, -0.2) is 44.8 Å². The molecular weight excluding hydrogens is 346 g/mol. The van der Waals surface area contributed by atoms with Crippen LogP contribution < -0.4 is 11.1 Å². The minimum Gasteiger partial charge on any atom is -0.351 e. The number of nitrogens with one attached hydrogen (secondary N) is 1. The van der Waals surface area contributed by atoms with Crippen molar-refractivity contribution in [3.8, 4) is 0 Å². The quantitative estimate of drug-likeness (QED) is 0.713. The van der Waals surface area contributed by atoms with Crippen molar-refractivity contribution in [1.29, 1.82) is 0 Å². The highest BCUT2D eigenvalue weighted by molar-refractivity contribution is 7.89. The van der Waals surface area contributed by atoms with Gasteiger partial charge < -0.3 is 11.1 Å². The van der Waals surface area contributed by atoms with Gasteiger partial charge in [-0.1, -0.05) is 0 Å². The van der Waals surface area contributed by atoms with Gasteiger partial charge in [-0.2, -0.15) is 4.31 Å². The molecule has 0 bridgehead atoms. The van der Waals surface area contributed by atoms with Gasteiger partial charge in [0, 0.05) is 19.6 Å². The number of carbonyl (C=O) groups excluding carboxylic acids is 1. The van der Waals surface area contributed by atoms with Crippen molar-refractivity contribution in [2.45, 2.75) is 30.6 Å². The highest BCUT2D eigenvalue weighted by Crippen LogP contribution is 2.27. The third-order valence-corrected chi connectivity index (χ3v) is 6.42. The molecule has 3 N–H and O–H groups in total. The van der Waals surface area contributed by atoms with Gasteiger partial charge in [-0.15, -0.1) is 23.7 Å². The number of amides is 1. The number of sulfonamides is 1. The maximum Gasteiger partial charge on any atom is 0.262 e. The van der Waals surface area contributed by atoms with Gasteiger partial charge in [0.1, 0.15) is 9.77 Å². The Morgan fingerprint density at radius 3 is 2.64 bits per heavy atom. The van der Waals surface area contributed by atoms with Crippen molar-refractivity contribution in [2.75, 3.05) is 26.2 Å². The lowest BCUT2D eigenvalue weighted by atomic mass is 10.3. The number of halogens is 1. The van der Waals surface area contributed by atoms with E-state index < -0.39 is 10.0 Å². The van der Waals surface area contributed by atoms with Gasteiger partial charge in [-0.25, -0.2) is 8.42 Å². The molecule has 2 rings (SSSR count). The van der Waals surface area contributed by atoms with Gasteiger partial charge >= 0.3 is 0 Å². The number of nitrogens with two attached hydrogens (primary N) is 1. The minimum absolute atomic E-state index is 0. The van der Waals surface area contributed by atoms with Crippen LogP contribution in [0.3, 0.4) is 0 Å². The van der Waals surface area contributed by atoms with E-state index in [2.05, 4.69) is 5.32 Å². The van der Waals surface area contributed by atoms with Gasteiger partial charge in [0.2, 0.25) is 10.0 Å². The third kappa shape index (κ3) is 4.42. The summed E-state index contributed by atoms with van der Waals surface area (Å²) in [6.07, 6.45) is 3.39. The first-order valence-corrected chi connectivity index (χ1v) is 9.45. The zero-order chi connectivity index (χ0) is 15.3. The number of carbonyl (C=O) groups is 1. The lowest BCUT2D eigenvalue weighted by Crippen LogP contribution is -2.30. The molecule has 1 aliphatic heterocycles. The van der Waals surface area contributed by atoms with E-state index >= 15 is 0 Å². The summed E-state index contributed by atoms with van der Waals surface area (Å²) in [6.45, 7) is 2.17. The monoisotopic (exact) mass is 367 g/mol. The molecule has 1 aliphatic rings. The Labute approximate surface area is 141 Å². The Hall–Kier alpha value is -0.670. The molecule has 22 heavy (non-hydrogen) atoms. The van der Waals surface area contributed by atoms with Crippen LogP contribution in [0.2, 0.25) is 0 Å². The molecule has 1 amide bonds. The largest absolute Gasteiger partial charge is 0.351 e. The third-order valence-electron chi connectivity index (χ3n) is 3.43. The predicted molar refractivity (Wildman–Crippen MR) is 90.2 cm³/mol. The molecule has 9 heteroatoms. The molecule has 126 valence electrons. The average Bonchev–Trinajstić information content (AvgIpc) is 3.13. The number of hydrogen-bond donors (Lipinski definition) is 2. The highest BCUT2D eigenvalue weighted by atomic mass is 35.5. The van der Waals surface area contributed by atoms with Crippen molar-refractivity contribution in [3.05, 3.63) is 16.3 Å². The molecule has 1 aromatic rings. The smallest absolute Gasteiger partial charge is 0.262 e.